The van der Waals surface area contributed by atoms with Crippen molar-refractivity contribution in [2.24, 2.45) is 0 Å². The van der Waals surface area contributed by atoms with Gasteiger partial charge in [-0.05, 0) is 24.9 Å². The third-order valence-corrected chi connectivity index (χ3v) is 3.31. The lowest BCUT2D eigenvalue weighted by atomic mass is 10.0. The molecule has 0 aliphatic rings. The minimum absolute atomic E-state index is 0.170. The Morgan fingerprint density at radius 2 is 2.05 bits per heavy atom. The molecule has 19 heavy (non-hydrogen) atoms. The fourth-order valence-electron chi connectivity index (χ4n) is 2.18. The molecule has 0 bridgehead atoms. The van der Waals surface area contributed by atoms with Crippen LogP contribution in [0.15, 0.2) is 24.3 Å². The third-order valence-electron chi connectivity index (χ3n) is 3.31. The van der Waals surface area contributed by atoms with Crippen LogP contribution in [0.4, 0.5) is 5.69 Å². The summed E-state index contributed by atoms with van der Waals surface area (Å²) in [6.07, 6.45) is 5.86. The van der Waals surface area contributed by atoms with Crippen LogP contribution in [0.5, 0.6) is 0 Å². The molecule has 0 spiro atoms. The molecule has 4 heteroatoms. The van der Waals surface area contributed by atoms with Gasteiger partial charge in [0.2, 0.25) is 0 Å². The number of nitrogens with zero attached hydrogens (tertiary/aromatic N) is 1. The van der Waals surface area contributed by atoms with Crippen LogP contribution in [0, 0.1) is 10.1 Å². The molecule has 1 aromatic carbocycles. The molecular formula is C15H24N2O2. The van der Waals surface area contributed by atoms with E-state index in [2.05, 4.69) is 19.2 Å². The molecule has 1 N–H and O–H groups in total. The highest BCUT2D eigenvalue weighted by Gasteiger charge is 2.12. The molecular weight excluding hydrogens is 240 g/mol. The summed E-state index contributed by atoms with van der Waals surface area (Å²) in [5.74, 6) is 0. The first-order valence-corrected chi connectivity index (χ1v) is 7.16. The van der Waals surface area contributed by atoms with E-state index in [0.717, 1.165) is 18.5 Å². The molecule has 0 amide bonds. The predicted octanol–water partition coefficient (Wildman–Crippen LogP) is 4.22. The second-order valence-electron chi connectivity index (χ2n) is 4.83. The Hall–Kier alpha value is -1.42. The Labute approximate surface area is 115 Å². The van der Waals surface area contributed by atoms with Crippen molar-refractivity contribution in [1.29, 1.82) is 0 Å². The van der Waals surface area contributed by atoms with Crippen molar-refractivity contribution in [1.82, 2.24) is 5.32 Å². The van der Waals surface area contributed by atoms with E-state index in [1.54, 1.807) is 12.1 Å². The molecule has 0 saturated carbocycles. The topological polar surface area (TPSA) is 55.2 Å². The van der Waals surface area contributed by atoms with Gasteiger partial charge in [-0.1, -0.05) is 45.2 Å². The molecule has 0 saturated heterocycles. The van der Waals surface area contributed by atoms with Crippen LogP contribution in [-0.2, 0) is 0 Å². The summed E-state index contributed by atoms with van der Waals surface area (Å²) < 4.78 is 0. The Morgan fingerprint density at radius 3 is 2.68 bits per heavy atom. The average Bonchev–Trinajstić information content (AvgIpc) is 2.43. The lowest BCUT2D eigenvalue weighted by Crippen LogP contribution is -2.21. The van der Waals surface area contributed by atoms with Crippen LogP contribution >= 0.6 is 0 Å². The van der Waals surface area contributed by atoms with E-state index in [9.17, 15) is 10.1 Å². The molecule has 1 unspecified atom stereocenters. The van der Waals surface area contributed by atoms with Crippen LogP contribution in [0.25, 0.3) is 0 Å². The van der Waals surface area contributed by atoms with Crippen molar-refractivity contribution in [3.63, 3.8) is 0 Å². The first kappa shape index (κ1) is 15.6. The monoisotopic (exact) mass is 264 g/mol. The SMILES string of the molecule is CCCCCCNC(CC)c1cccc([N+](=O)[O-])c1. The maximum absolute atomic E-state index is 10.8. The molecule has 0 aliphatic heterocycles. The number of nitrogens with one attached hydrogen (secondary N) is 1. The zero-order valence-corrected chi connectivity index (χ0v) is 11.9. The molecule has 4 nitrogen and oxygen atoms in total. The Bertz CT molecular complexity index is 393. The zero-order valence-electron chi connectivity index (χ0n) is 11.9. The summed E-state index contributed by atoms with van der Waals surface area (Å²) in [5, 5.41) is 14.3. The van der Waals surface area contributed by atoms with Crippen molar-refractivity contribution >= 4 is 5.69 Å². The van der Waals surface area contributed by atoms with Gasteiger partial charge >= 0.3 is 0 Å². The summed E-state index contributed by atoms with van der Waals surface area (Å²) in [6, 6.07) is 7.14. The number of rotatable bonds is 9. The molecule has 106 valence electrons. The van der Waals surface area contributed by atoms with Crippen molar-refractivity contribution in [3.8, 4) is 0 Å². The third kappa shape index (κ3) is 5.39. The minimum atomic E-state index is -0.336. The molecule has 0 heterocycles. The van der Waals surface area contributed by atoms with Gasteiger partial charge in [-0.25, -0.2) is 0 Å². The van der Waals surface area contributed by atoms with Gasteiger partial charge in [-0.3, -0.25) is 10.1 Å². The first-order chi connectivity index (χ1) is 9.19. The molecule has 0 aliphatic carbocycles. The normalized spacial score (nSPS) is 12.3. The average molecular weight is 264 g/mol. The van der Waals surface area contributed by atoms with E-state index in [-0.39, 0.29) is 16.7 Å². The second kappa shape index (κ2) is 8.64. The van der Waals surface area contributed by atoms with Gasteiger partial charge in [0.1, 0.15) is 0 Å². The summed E-state index contributed by atoms with van der Waals surface area (Å²) in [6.45, 7) is 5.27. The van der Waals surface area contributed by atoms with Gasteiger partial charge in [0.05, 0.1) is 4.92 Å². The molecule has 1 rings (SSSR count). The zero-order chi connectivity index (χ0) is 14.1. The lowest BCUT2D eigenvalue weighted by molar-refractivity contribution is -0.384. The fourth-order valence-corrected chi connectivity index (χ4v) is 2.18. The van der Waals surface area contributed by atoms with Gasteiger partial charge < -0.3 is 5.32 Å². The lowest BCUT2D eigenvalue weighted by Gasteiger charge is -2.17. The number of unbranched alkanes of at least 4 members (excludes halogenated alkanes) is 3. The summed E-state index contributed by atoms with van der Waals surface area (Å²) in [7, 11) is 0. The summed E-state index contributed by atoms with van der Waals surface area (Å²) in [4.78, 5) is 10.4. The molecule has 0 aromatic heterocycles. The van der Waals surface area contributed by atoms with Gasteiger partial charge in [0.15, 0.2) is 0 Å². The number of hydrogen-bond acceptors (Lipinski definition) is 3. The number of nitro groups is 1. The van der Waals surface area contributed by atoms with E-state index >= 15 is 0 Å². The van der Waals surface area contributed by atoms with E-state index in [1.165, 1.54) is 31.7 Å². The smallest absolute Gasteiger partial charge is 0.269 e. The summed E-state index contributed by atoms with van der Waals surface area (Å²) >= 11 is 0. The second-order valence-corrected chi connectivity index (χ2v) is 4.83. The summed E-state index contributed by atoms with van der Waals surface area (Å²) in [5.41, 5.74) is 1.18. The predicted molar refractivity (Wildman–Crippen MR) is 78.3 cm³/mol. The highest BCUT2D eigenvalue weighted by Crippen LogP contribution is 2.21. The highest BCUT2D eigenvalue weighted by atomic mass is 16.6. The maximum Gasteiger partial charge on any atom is 0.269 e. The van der Waals surface area contributed by atoms with Gasteiger partial charge in [-0.15, -0.1) is 0 Å². The van der Waals surface area contributed by atoms with Gasteiger partial charge in [0, 0.05) is 18.2 Å². The quantitative estimate of drug-likeness (QED) is 0.413. The number of nitro benzene ring substituents is 1. The Kier molecular flexibility index (Phi) is 7.11. The standard InChI is InChI=1S/C15H24N2O2/c1-3-5-6-7-11-16-15(4-2)13-9-8-10-14(12-13)17(18)19/h8-10,12,15-16H,3-7,11H2,1-2H3. The molecule has 0 radical (unpaired) electrons. The molecule has 1 aromatic rings. The number of benzene rings is 1. The number of non-ortho nitro benzene ring substituents is 1. The molecule has 1 atom stereocenters. The van der Waals surface area contributed by atoms with Gasteiger partial charge in [-0.2, -0.15) is 0 Å². The largest absolute Gasteiger partial charge is 0.310 e. The highest BCUT2D eigenvalue weighted by molar-refractivity contribution is 5.35. The van der Waals surface area contributed by atoms with Crippen LogP contribution in [0.3, 0.4) is 0 Å². The Balaban J connectivity index is 2.54. The van der Waals surface area contributed by atoms with Crippen LogP contribution in [0.2, 0.25) is 0 Å². The van der Waals surface area contributed by atoms with E-state index in [0.29, 0.717) is 0 Å². The van der Waals surface area contributed by atoms with E-state index < -0.39 is 0 Å². The Morgan fingerprint density at radius 1 is 1.26 bits per heavy atom. The number of hydrogen-bond donors (Lipinski definition) is 1. The van der Waals surface area contributed by atoms with Crippen LogP contribution in [0.1, 0.15) is 57.6 Å². The van der Waals surface area contributed by atoms with Crippen molar-refractivity contribution < 1.29 is 4.92 Å². The minimum Gasteiger partial charge on any atom is -0.310 e. The van der Waals surface area contributed by atoms with Crippen molar-refractivity contribution in [2.75, 3.05) is 6.54 Å². The van der Waals surface area contributed by atoms with E-state index in [1.807, 2.05) is 6.07 Å². The maximum atomic E-state index is 10.8. The first-order valence-electron chi connectivity index (χ1n) is 7.16. The fraction of sp³-hybridized carbons (Fsp3) is 0.600. The molecule has 0 fully saturated rings. The van der Waals surface area contributed by atoms with Crippen LogP contribution in [-0.4, -0.2) is 11.5 Å². The van der Waals surface area contributed by atoms with Crippen LogP contribution < -0.4 is 5.32 Å². The van der Waals surface area contributed by atoms with Crippen molar-refractivity contribution in [3.05, 3.63) is 39.9 Å². The van der Waals surface area contributed by atoms with Gasteiger partial charge in [0.25, 0.3) is 5.69 Å². The van der Waals surface area contributed by atoms with Crippen molar-refractivity contribution in [2.45, 2.75) is 52.0 Å². The van der Waals surface area contributed by atoms with E-state index in [4.69, 9.17) is 0 Å².